The van der Waals surface area contributed by atoms with Gasteiger partial charge in [-0.1, -0.05) is 17.7 Å². The zero-order valence-corrected chi connectivity index (χ0v) is 12.4. The Bertz CT molecular complexity index is 839. The molecule has 0 aliphatic carbocycles. The highest BCUT2D eigenvalue weighted by molar-refractivity contribution is 7.90. The quantitative estimate of drug-likeness (QED) is 0.896. The summed E-state index contributed by atoms with van der Waals surface area (Å²) in [5.74, 6) is -0.0124. The molecule has 0 radical (unpaired) electrons. The number of amides is 2. The van der Waals surface area contributed by atoms with Crippen LogP contribution >= 0.6 is 0 Å². The fraction of sp³-hybridized carbons (Fsp3) is 0.0714. The summed E-state index contributed by atoms with van der Waals surface area (Å²) < 4.78 is 25.9. The van der Waals surface area contributed by atoms with Crippen LogP contribution in [0.2, 0.25) is 0 Å². The highest BCUT2D eigenvalue weighted by atomic mass is 32.2. The second-order valence-corrected chi connectivity index (χ2v) is 6.07. The molecule has 0 saturated carbocycles. The summed E-state index contributed by atoms with van der Waals surface area (Å²) in [6.07, 6.45) is 1.38. The second kappa shape index (κ2) is 6.24. The molecule has 7 nitrogen and oxygen atoms in total. The number of urea groups is 1. The lowest BCUT2D eigenvalue weighted by Gasteiger charge is -2.09. The Morgan fingerprint density at radius 3 is 2.55 bits per heavy atom. The number of nitriles is 1. The van der Waals surface area contributed by atoms with Gasteiger partial charge in [0, 0.05) is 6.20 Å². The highest BCUT2D eigenvalue weighted by Gasteiger charge is 2.18. The highest BCUT2D eigenvalue weighted by Crippen LogP contribution is 2.12. The first-order valence-electron chi connectivity index (χ1n) is 6.18. The van der Waals surface area contributed by atoms with Gasteiger partial charge in [-0.15, -0.1) is 0 Å². The van der Waals surface area contributed by atoms with Crippen LogP contribution in [0.25, 0.3) is 0 Å². The van der Waals surface area contributed by atoms with Crippen LogP contribution in [0.4, 0.5) is 10.6 Å². The number of rotatable bonds is 3. The molecule has 0 unspecified atom stereocenters. The fourth-order valence-electron chi connectivity index (χ4n) is 1.63. The SMILES string of the molecule is Cc1ccc(S(=O)(=O)NC(=O)Nc2ncccc2C#N)cc1. The maximum atomic E-state index is 12.0. The van der Waals surface area contributed by atoms with Crippen LogP contribution < -0.4 is 10.0 Å². The first kappa shape index (κ1) is 15.5. The molecular formula is C14H12N4O3S. The molecule has 0 atom stereocenters. The molecule has 0 fully saturated rings. The van der Waals surface area contributed by atoms with E-state index in [1.165, 1.54) is 30.5 Å². The van der Waals surface area contributed by atoms with Gasteiger partial charge in [-0.25, -0.2) is 22.9 Å². The van der Waals surface area contributed by atoms with Gasteiger partial charge in [0.25, 0.3) is 10.0 Å². The van der Waals surface area contributed by atoms with Crippen LogP contribution in [0.5, 0.6) is 0 Å². The molecule has 1 heterocycles. The molecule has 1 aromatic carbocycles. The number of sulfonamides is 1. The van der Waals surface area contributed by atoms with Crippen molar-refractivity contribution in [1.29, 1.82) is 5.26 Å². The molecule has 0 bridgehead atoms. The number of nitrogens with zero attached hydrogens (tertiary/aromatic N) is 2. The lowest BCUT2D eigenvalue weighted by atomic mass is 10.2. The number of hydrogen-bond donors (Lipinski definition) is 2. The molecule has 0 spiro atoms. The molecule has 0 aliphatic heterocycles. The van der Waals surface area contributed by atoms with Gasteiger partial charge in [0.2, 0.25) is 0 Å². The van der Waals surface area contributed by atoms with Crippen LogP contribution in [0.15, 0.2) is 47.5 Å². The van der Waals surface area contributed by atoms with Gasteiger partial charge in [-0.2, -0.15) is 5.26 Å². The van der Waals surface area contributed by atoms with Crippen LogP contribution in [0.1, 0.15) is 11.1 Å². The maximum Gasteiger partial charge on any atom is 0.334 e. The van der Waals surface area contributed by atoms with Crippen molar-refractivity contribution in [2.24, 2.45) is 0 Å². The van der Waals surface area contributed by atoms with E-state index in [-0.39, 0.29) is 16.3 Å². The fourth-order valence-corrected chi connectivity index (χ4v) is 2.53. The Balaban J connectivity index is 2.15. The van der Waals surface area contributed by atoms with E-state index in [2.05, 4.69) is 10.3 Å². The third-order valence-corrected chi connectivity index (χ3v) is 4.07. The summed E-state index contributed by atoms with van der Waals surface area (Å²) in [5.41, 5.74) is 1.03. The van der Waals surface area contributed by atoms with Crippen molar-refractivity contribution in [3.8, 4) is 6.07 Å². The molecule has 1 aromatic heterocycles. The maximum absolute atomic E-state index is 12.0. The van der Waals surface area contributed by atoms with Crippen molar-refractivity contribution in [3.63, 3.8) is 0 Å². The Kier molecular flexibility index (Phi) is 4.39. The molecule has 2 aromatic rings. The Hall–Kier alpha value is -2.92. The van der Waals surface area contributed by atoms with E-state index < -0.39 is 16.1 Å². The molecule has 22 heavy (non-hydrogen) atoms. The number of pyridine rings is 1. The van der Waals surface area contributed by atoms with E-state index in [0.29, 0.717) is 0 Å². The Labute approximate surface area is 127 Å². The second-order valence-electron chi connectivity index (χ2n) is 4.38. The number of carbonyl (C=O) groups excluding carboxylic acids is 1. The van der Waals surface area contributed by atoms with Crippen molar-refractivity contribution in [3.05, 3.63) is 53.7 Å². The molecule has 2 amide bonds. The lowest BCUT2D eigenvalue weighted by Crippen LogP contribution is -2.34. The minimum atomic E-state index is -3.99. The number of hydrogen-bond acceptors (Lipinski definition) is 5. The van der Waals surface area contributed by atoms with Gasteiger partial charge in [0.15, 0.2) is 5.82 Å². The van der Waals surface area contributed by atoms with E-state index >= 15 is 0 Å². The number of aryl methyl sites for hydroxylation is 1. The minimum Gasteiger partial charge on any atom is -0.290 e. The van der Waals surface area contributed by atoms with Crippen LogP contribution in [0, 0.1) is 18.3 Å². The topological polar surface area (TPSA) is 112 Å². The van der Waals surface area contributed by atoms with Crippen molar-refractivity contribution < 1.29 is 13.2 Å². The van der Waals surface area contributed by atoms with Gasteiger partial charge < -0.3 is 0 Å². The molecule has 0 saturated heterocycles. The van der Waals surface area contributed by atoms with Gasteiger partial charge in [0.05, 0.1) is 10.5 Å². The van der Waals surface area contributed by atoms with E-state index in [1.807, 2.05) is 17.7 Å². The van der Waals surface area contributed by atoms with E-state index in [1.54, 1.807) is 12.1 Å². The van der Waals surface area contributed by atoms with E-state index in [9.17, 15) is 13.2 Å². The zero-order chi connectivity index (χ0) is 16.2. The third-order valence-electron chi connectivity index (χ3n) is 2.72. The third kappa shape index (κ3) is 3.59. The predicted molar refractivity (Wildman–Crippen MR) is 79.5 cm³/mol. The molecule has 2 rings (SSSR count). The first-order chi connectivity index (χ1) is 10.4. The number of nitrogens with one attached hydrogen (secondary N) is 2. The minimum absolute atomic E-state index is 0.0124. The number of benzene rings is 1. The van der Waals surface area contributed by atoms with Gasteiger partial charge in [-0.3, -0.25) is 5.32 Å². The Morgan fingerprint density at radius 2 is 1.91 bits per heavy atom. The summed E-state index contributed by atoms with van der Waals surface area (Å²) in [6.45, 7) is 1.82. The average Bonchev–Trinajstić information content (AvgIpc) is 2.47. The van der Waals surface area contributed by atoms with Crippen LogP contribution in [0.3, 0.4) is 0 Å². The Morgan fingerprint density at radius 1 is 1.23 bits per heavy atom. The van der Waals surface area contributed by atoms with Crippen molar-refractivity contribution in [1.82, 2.24) is 9.71 Å². The summed E-state index contributed by atoms with van der Waals surface area (Å²) in [7, 11) is -3.99. The van der Waals surface area contributed by atoms with E-state index in [4.69, 9.17) is 5.26 Å². The standard InChI is InChI=1S/C14H12N4O3S/c1-10-4-6-12(7-5-10)22(20,21)18-14(19)17-13-11(9-15)3-2-8-16-13/h2-8H,1H3,(H2,16,17,18,19). The summed E-state index contributed by atoms with van der Waals surface area (Å²) >= 11 is 0. The number of anilines is 1. The summed E-state index contributed by atoms with van der Waals surface area (Å²) in [6, 6.07) is 9.88. The first-order valence-corrected chi connectivity index (χ1v) is 7.66. The molecule has 2 N–H and O–H groups in total. The van der Waals surface area contributed by atoms with Gasteiger partial charge >= 0.3 is 6.03 Å². The number of aromatic nitrogens is 1. The largest absolute Gasteiger partial charge is 0.334 e. The lowest BCUT2D eigenvalue weighted by molar-refractivity contribution is 0.256. The molecule has 112 valence electrons. The van der Waals surface area contributed by atoms with Crippen molar-refractivity contribution >= 4 is 21.9 Å². The zero-order valence-electron chi connectivity index (χ0n) is 11.6. The summed E-state index contributed by atoms with van der Waals surface area (Å²) in [5, 5.41) is 11.1. The monoisotopic (exact) mass is 316 g/mol. The van der Waals surface area contributed by atoms with Crippen molar-refractivity contribution in [2.75, 3.05) is 5.32 Å². The van der Waals surface area contributed by atoms with Gasteiger partial charge in [-0.05, 0) is 31.2 Å². The van der Waals surface area contributed by atoms with Gasteiger partial charge in [0.1, 0.15) is 6.07 Å². The van der Waals surface area contributed by atoms with Crippen molar-refractivity contribution in [2.45, 2.75) is 11.8 Å². The smallest absolute Gasteiger partial charge is 0.290 e. The number of carbonyl (C=O) groups is 1. The normalized spacial score (nSPS) is 10.5. The van der Waals surface area contributed by atoms with Crippen LogP contribution in [-0.2, 0) is 10.0 Å². The van der Waals surface area contributed by atoms with Crippen LogP contribution in [-0.4, -0.2) is 19.4 Å². The molecular weight excluding hydrogens is 304 g/mol. The predicted octanol–water partition coefficient (Wildman–Crippen LogP) is 1.77. The molecule has 0 aliphatic rings. The van der Waals surface area contributed by atoms with E-state index in [0.717, 1.165) is 5.56 Å². The average molecular weight is 316 g/mol. The molecule has 8 heteroatoms. The summed E-state index contributed by atoms with van der Waals surface area (Å²) in [4.78, 5) is 15.6.